The van der Waals surface area contributed by atoms with E-state index in [1.807, 2.05) is 24.3 Å². The van der Waals surface area contributed by atoms with Gasteiger partial charge in [-0.05, 0) is 41.6 Å². The summed E-state index contributed by atoms with van der Waals surface area (Å²) in [6.45, 7) is 4.44. The molecule has 1 unspecified atom stereocenters. The zero-order valence-electron chi connectivity index (χ0n) is 15.2. The quantitative estimate of drug-likeness (QED) is 0.231. The summed E-state index contributed by atoms with van der Waals surface area (Å²) < 4.78 is 0. The fourth-order valence-corrected chi connectivity index (χ4v) is 4.12. The first-order valence-corrected chi connectivity index (χ1v) is 10.5. The van der Waals surface area contributed by atoms with Crippen LogP contribution in [0.15, 0.2) is 47.1 Å². The van der Waals surface area contributed by atoms with Gasteiger partial charge in [0, 0.05) is 49.2 Å². The van der Waals surface area contributed by atoms with Gasteiger partial charge in [-0.1, -0.05) is 53.0 Å². The van der Waals surface area contributed by atoms with E-state index in [9.17, 15) is 0 Å². The minimum atomic E-state index is -0.502. The lowest BCUT2D eigenvalue weighted by Gasteiger charge is -2.43. The average Bonchev–Trinajstić information content (AvgIpc) is 2.66. The highest BCUT2D eigenvalue weighted by atomic mass is 35.5. The zero-order valence-corrected chi connectivity index (χ0v) is 18.3. The second kappa shape index (κ2) is 9.57. The van der Waals surface area contributed by atoms with Gasteiger partial charge >= 0.3 is 0 Å². The van der Waals surface area contributed by atoms with Crippen LogP contribution in [-0.4, -0.2) is 52.3 Å². The van der Waals surface area contributed by atoms with Crippen molar-refractivity contribution in [2.24, 2.45) is 10.8 Å². The van der Waals surface area contributed by atoms with Crippen LogP contribution >= 0.6 is 47.0 Å². The number of rotatable bonds is 5. The molecule has 0 radical (unpaired) electrons. The Morgan fingerprint density at radius 3 is 2.64 bits per heavy atom. The molecule has 1 aromatic carbocycles. The number of halogens is 3. The summed E-state index contributed by atoms with van der Waals surface area (Å²) >= 11 is 23.9. The maximum atomic E-state index is 6.89. The Morgan fingerprint density at radius 2 is 2.04 bits per heavy atom. The van der Waals surface area contributed by atoms with E-state index in [1.54, 1.807) is 12.3 Å². The summed E-state index contributed by atoms with van der Waals surface area (Å²) in [6, 6.07) is 5.66. The van der Waals surface area contributed by atoms with Gasteiger partial charge < -0.3 is 5.73 Å². The number of hydrogen-bond donors (Lipinski definition) is 2. The van der Waals surface area contributed by atoms with Crippen LogP contribution in [0.3, 0.4) is 0 Å². The topological polar surface area (TPSA) is 56.9 Å². The number of alkyl halides is 1. The van der Waals surface area contributed by atoms with Gasteiger partial charge in [0.15, 0.2) is 5.11 Å². The van der Waals surface area contributed by atoms with Crippen LogP contribution in [0.5, 0.6) is 0 Å². The number of piperazine rings is 1. The Bertz CT molecular complexity index is 818. The number of allylic oxidation sites excluding steroid dienone is 2. The number of thiocarbonyl (C=S) groups is 1. The highest BCUT2D eigenvalue weighted by molar-refractivity contribution is 7.80. The van der Waals surface area contributed by atoms with E-state index in [2.05, 4.69) is 26.4 Å². The molecule has 5 nitrogen and oxygen atoms in total. The molecule has 1 aliphatic carbocycles. The van der Waals surface area contributed by atoms with Crippen LogP contribution in [0, 0.1) is 0 Å². The number of hydrogen-bond acceptors (Lipinski definition) is 4. The molecule has 28 heavy (non-hydrogen) atoms. The Hall–Kier alpha value is -1.15. The standard InChI is InChI=1S/C19H22Cl3N5S/c20-16-2-1-15(17(21)11-16)13-26-7-9-27(10-8-26)19(22)5-3-14(4-6-19)12-24-25-18(23)28/h1-5,11-12H,6-10,13H2,(H3,23,25,28). The first-order chi connectivity index (χ1) is 13.4. The molecule has 150 valence electrons. The van der Waals surface area contributed by atoms with Gasteiger partial charge in [-0.3, -0.25) is 15.2 Å². The van der Waals surface area contributed by atoms with Crippen molar-refractivity contribution in [3.05, 3.63) is 57.6 Å². The molecule has 1 saturated heterocycles. The van der Waals surface area contributed by atoms with Crippen molar-refractivity contribution in [3.8, 4) is 0 Å². The molecule has 0 amide bonds. The van der Waals surface area contributed by atoms with Crippen LogP contribution in [-0.2, 0) is 6.54 Å². The van der Waals surface area contributed by atoms with E-state index >= 15 is 0 Å². The van der Waals surface area contributed by atoms with Crippen molar-refractivity contribution in [1.82, 2.24) is 15.2 Å². The summed E-state index contributed by atoms with van der Waals surface area (Å²) in [5.41, 5.74) is 9.96. The normalized spacial score (nSPS) is 23.8. The Labute approximate surface area is 185 Å². The van der Waals surface area contributed by atoms with E-state index in [0.717, 1.165) is 43.9 Å². The van der Waals surface area contributed by atoms with E-state index in [-0.39, 0.29) is 5.11 Å². The fraction of sp³-hybridized carbons (Fsp3) is 0.368. The predicted molar refractivity (Wildman–Crippen MR) is 122 cm³/mol. The number of nitrogens with two attached hydrogens (primary N) is 1. The molecule has 3 rings (SSSR count). The predicted octanol–water partition coefficient (Wildman–Crippen LogP) is 3.75. The SMILES string of the molecule is NC(=S)NN=CC1=CCC(Cl)(N2CCN(Cc3ccc(Cl)cc3Cl)CC2)C=C1. The van der Waals surface area contributed by atoms with E-state index in [1.165, 1.54) is 0 Å². The van der Waals surface area contributed by atoms with E-state index < -0.39 is 5.00 Å². The van der Waals surface area contributed by atoms with Crippen molar-refractivity contribution in [2.75, 3.05) is 26.2 Å². The Kier molecular flexibility index (Phi) is 7.36. The molecule has 1 atom stereocenters. The molecule has 1 aliphatic heterocycles. The smallest absolute Gasteiger partial charge is 0.184 e. The third-order valence-electron chi connectivity index (χ3n) is 4.85. The van der Waals surface area contributed by atoms with Crippen molar-refractivity contribution < 1.29 is 0 Å². The maximum Gasteiger partial charge on any atom is 0.184 e. The van der Waals surface area contributed by atoms with Gasteiger partial charge in [0.2, 0.25) is 0 Å². The van der Waals surface area contributed by atoms with Gasteiger partial charge in [0.25, 0.3) is 0 Å². The van der Waals surface area contributed by atoms with Crippen LogP contribution in [0.1, 0.15) is 12.0 Å². The summed E-state index contributed by atoms with van der Waals surface area (Å²) in [6.07, 6.45) is 8.46. The second-order valence-electron chi connectivity index (χ2n) is 6.79. The highest BCUT2D eigenvalue weighted by Crippen LogP contribution is 2.32. The zero-order chi connectivity index (χ0) is 20.1. The van der Waals surface area contributed by atoms with Crippen molar-refractivity contribution in [3.63, 3.8) is 0 Å². The first-order valence-electron chi connectivity index (χ1n) is 8.94. The summed E-state index contributed by atoms with van der Waals surface area (Å²) in [7, 11) is 0. The lowest BCUT2D eigenvalue weighted by atomic mass is 10.0. The van der Waals surface area contributed by atoms with Gasteiger partial charge in [-0.2, -0.15) is 5.10 Å². The highest BCUT2D eigenvalue weighted by Gasteiger charge is 2.34. The van der Waals surface area contributed by atoms with Crippen molar-refractivity contribution in [1.29, 1.82) is 0 Å². The molecule has 2 aliphatic rings. The molecule has 1 heterocycles. The number of hydrazone groups is 1. The molecular weight excluding hydrogens is 437 g/mol. The molecule has 0 aromatic heterocycles. The number of benzene rings is 1. The lowest BCUT2D eigenvalue weighted by Crippen LogP contribution is -2.53. The van der Waals surface area contributed by atoms with Crippen LogP contribution < -0.4 is 11.2 Å². The molecule has 0 bridgehead atoms. The second-order valence-corrected chi connectivity index (χ2v) is 8.73. The summed E-state index contributed by atoms with van der Waals surface area (Å²) in [4.78, 5) is 4.19. The molecule has 9 heteroatoms. The lowest BCUT2D eigenvalue weighted by molar-refractivity contribution is 0.0922. The molecular formula is C19H22Cl3N5S. The minimum absolute atomic E-state index is 0.140. The first kappa shape index (κ1) is 21.6. The van der Waals surface area contributed by atoms with Gasteiger partial charge in [-0.15, -0.1) is 0 Å². The van der Waals surface area contributed by atoms with Gasteiger partial charge in [0.05, 0.1) is 6.21 Å². The summed E-state index contributed by atoms with van der Waals surface area (Å²) in [5.74, 6) is 0. The van der Waals surface area contributed by atoms with E-state index in [4.69, 9.17) is 52.8 Å². The third kappa shape index (κ3) is 5.69. The largest absolute Gasteiger partial charge is 0.375 e. The van der Waals surface area contributed by atoms with Gasteiger partial charge in [-0.25, -0.2) is 0 Å². The minimum Gasteiger partial charge on any atom is -0.375 e. The molecule has 0 spiro atoms. The van der Waals surface area contributed by atoms with Crippen molar-refractivity contribution in [2.45, 2.75) is 18.0 Å². The molecule has 1 fully saturated rings. The number of nitrogens with one attached hydrogen (secondary N) is 1. The molecule has 0 saturated carbocycles. The Morgan fingerprint density at radius 1 is 1.29 bits per heavy atom. The fourth-order valence-electron chi connectivity index (χ4n) is 3.29. The monoisotopic (exact) mass is 457 g/mol. The number of nitrogens with zero attached hydrogens (tertiary/aromatic N) is 3. The molecule has 3 N–H and O–H groups in total. The third-order valence-corrected chi connectivity index (χ3v) is 6.05. The van der Waals surface area contributed by atoms with Crippen LogP contribution in [0.4, 0.5) is 0 Å². The Balaban J connectivity index is 1.52. The van der Waals surface area contributed by atoms with Crippen LogP contribution in [0.2, 0.25) is 10.0 Å². The molecule has 1 aromatic rings. The van der Waals surface area contributed by atoms with Gasteiger partial charge in [0.1, 0.15) is 5.00 Å². The summed E-state index contributed by atoms with van der Waals surface area (Å²) in [5, 5.41) is 5.48. The average molecular weight is 459 g/mol. The van der Waals surface area contributed by atoms with E-state index in [0.29, 0.717) is 16.5 Å². The van der Waals surface area contributed by atoms with Crippen LogP contribution in [0.25, 0.3) is 0 Å². The van der Waals surface area contributed by atoms with Crippen molar-refractivity contribution >= 4 is 58.3 Å². The maximum absolute atomic E-state index is 6.89.